The SMILES string of the molecule is CCc1cc(Br)ccc1NS(=O)(=O)C1CCNCC1. The number of anilines is 1. The van der Waals surface area contributed by atoms with Crippen LogP contribution in [0.15, 0.2) is 22.7 Å². The van der Waals surface area contributed by atoms with E-state index in [0.717, 1.165) is 29.5 Å². The Hall–Kier alpha value is -0.590. The molecular weight excluding hydrogens is 328 g/mol. The summed E-state index contributed by atoms with van der Waals surface area (Å²) in [6.07, 6.45) is 2.14. The van der Waals surface area contributed by atoms with Crippen molar-refractivity contribution in [2.24, 2.45) is 0 Å². The van der Waals surface area contributed by atoms with Crippen molar-refractivity contribution in [3.05, 3.63) is 28.2 Å². The summed E-state index contributed by atoms with van der Waals surface area (Å²) in [5, 5.41) is 2.89. The van der Waals surface area contributed by atoms with Crippen LogP contribution in [0.5, 0.6) is 0 Å². The molecule has 0 bridgehead atoms. The molecule has 0 spiro atoms. The molecule has 0 aliphatic carbocycles. The maximum Gasteiger partial charge on any atom is 0.235 e. The third-order valence-electron chi connectivity index (χ3n) is 3.43. The summed E-state index contributed by atoms with van der Waals surface area (Å²) in [5.74, 6) is 0. The minimum Gasteiger partial charge on any atom is -0.317 e. The molecule has 4 nitrogen and oxygen atoms in total. The molecule has 6 heteroatoms. The van der Waals surface area contributed by atoms with Crippen molar-refractivity contribution in [1.82, 2.24) is 5.32 Å². The van der Waals surface area contributed by atoms with Gasteiger partial charge in [-0.1, -0.05) is 22.9 Å². The van der Waals surface area contributed by atoms with Crippen molar-refractivity contribution in [3.63, 3.8) is 0 Å². The lowest BCUT2D eigenvalue weighted by atomic mass is 10.1. The van der Waals surface area contributed by atoms with Crippen LogP contribution in [0, 0.1) is 0 Å². The van der Waals surface area contributed by atoms with Gasteiger partial charge in [-0.2, -0.15) is 0 Å². The van der Waals surface area contributed by atoms with E-state index in [2.05, 4.69) is 26.0 Å². The van der Waals surface area contributed by atoms with Crippen LogP contribution in [0.2, 0.25) is 0 Å². The minimum atomic E-state index is -3.29. The fraction of sp³-hybridized carbons (Fsp3) is 0.538. The van der Waals surface area contributed by atoms with Crippen molar-refractivity contribution >= 4 is 31.6 Å². The summed E-state index contributed by atoms with van der Waals surface area (Å²) in [5.41, 5.74) is 1.70. The molecule has 0 amide bonds. The van der Waals surface area contributed by atoms with E-state index < -0.39 is 10.0 Å². The van der Waals surface area contributed by atoms with Crippen molar-refractivity contribution in [1.29, 1.82) is 0 Å². The lowest BCUT2D eigenvalue weighted by Gasteiger charge is -2.24. The number of halogens is 1. The van der Waals surface area contributed by atoms with E-state index in [-0.39, 0.29) is 5.25 Å². The first-order valence-electron chi connectivity index (χ1n) is 6.53. The van der Waals surface area contributed by atoms with Gasteiger partial charge in [-0.15, -0.1) is 0 Å². The number of rotatable bonds is 4. The molecule has 0 radical (unpaired) electrons. The van der Waals surface area contributed by atoms with Gasteiger partial charge < -0.3 is 5.32 Å². The van der Waals surface area contributed by atoms with Crippen LogP contribution >= 0.6 is 15.9 Å². The van der Waals surface area contributed by atoms with Crippen LogP contribution in [0.25, 0.3) is 0 Å². The Balaban J connectivity index is 2.19. The highest BCUT2D eigenvalue weighted by Crippen LogP contribution is 2.24. The number of hydrogen-bond acceptors (Lipinski definition) is 3. The Labute approximate surface area is 123 Å². The standard InChI is InChI=1S/C13H19BrN2O2S/c1-2-10-9-11(14)3-4-13(10)16-19(17,18)12-5-7-15-8-6-12/h3-4,9,12,15-16H,2,5-8H2,1H3. The molecule has 0 atom stereocenters. The summed E-state index contributed by atoms with van der Waals surface area (Å²) in [6.45, 7) is 3.56. The fourth-order valence-corrected chi connectivity index (χ4v) is 4.23. The zero-order valence-electron chi connectivity index (χ0n) is 10.9. The van der Waals surface area contributed by atoms with Gasteiger partial charge in [0.2, 0.25) is 10.0 Å². The van der Waals surface area contributed by atoms with Gasteiger partial charge >= 0.3 is 0 Å². The molecule has 2 N–H and O–H groups in total. The fourth-order valence-electron chi connectivity index (χ4n) is 2.30. The van der Waals surface area contributed by atoms with E-state index in [4.69, 9.17) is 0 Å². The van der Waals surface area contributed by atoms with E-state index in [1.807, 2.05) is 25.1 Å². The number of hydrogen-bond donors (Lipinski definition) is 2. The highest BCUT2D eigenvalue weighted by molar-refractivity contribution is 9.10. The van der Waals surface area contributed by atoms with E-state index in [9.17, 15) is 8.42 Å². The lowest BCUT2D eigenvalue weighted by molar-refractivity contribution is 0.499. The van der Waals surface area contributed by atoms with Gasteiger partial charge in [-0.25, -0.2) is 8.42 Å². The quantitative estimate of drug-likeness (QED) is 0.880. The second-order valence-electron chi connectivity index (χ2n) is 4.75. The molecule has 1 aromatic rings. The molecule has 1 fully saturated rings. The second kappa shape index (κ2) is 6.24. The summed E-state index contributed by atoms with van der Waals surface area (Å²) >= 11 is 3.41. The maximum atomic E-state index is 12.4. The lowest BCUT2D eigenvalue weighted by Crippen LogP contribution is -2.38. The molecule has 1 saturated heterocycles. The van der Waals surface area contributed by atoms with E-state index in [1.54, 1.807) is 0 Å². The molecule has 1 heterocycles. The first-order valence-corrected chi connectivity index (χ1v) is 8.87. The van der Waals surface area contributed by atoms with Crippen LogP contribution in [0.3, 0.4) is 0 Å². The van der Waals surface area contributed by atoms with Crippen LogP contribution in [0.1, 0.15) is 25.3 Å². The molecule has 0 unspecified atom stereocenters. The molecule has 2 rings (SSSR count). The first kappa shape index (κ1) is 14.8. The van der Waals surface area contributed by atoms with Crippen molar-refractivity contribution < 1.29 is 8.42 Å². The van der Waals surface area contributed by atoms with Gasteiger partial charge in [-0.3, -0.25) is 4.72 Å². The number of aryl methyl sites for hydroxylation is 1. The van der Waals surface area contributed by atoms with Crippen LogP contribution in [0.4, 0.5) is 5.69 Å². The van der Waals surface area contributed by atoms with E-state index in [1.165, 1.54) is 0 Å². The molecule has 106 valence electrons. The average molecular weight is 347 g/mol. The van der Waals surface area contributed by atoms with Gasteiger partial charge in [0, 0.05) is 4.47 Å². The zero-order valence-corrected chi connectivity index (χ0v) is 13.4. The Morgan fingerprint density at radius 1 is 1.37 bits per heavy atom. The van der Waals surface area contributed by atoms with Gasteiger partial charge in [0.15, 0.2) is 0 Å². The summed E-state index contributed by atoms with van der Waals surface area (Å²) in [4.78, 5) is 0. The van der Waals surface area contributed by atoms with Gasteiger partial charge in [0.25, 0.3) is 0 Å². The highest BCUT2D eigenvalue weighted by Gasteiger charge is 2.27. The molecule has 1 aromatic carbocycles. The molecule has 0 saturated carbocycles. The number of piperidine rings is 1. The zero-order chi connectivity index (χ0) is 13.9. The Morgan fingerprint density at radius 3 is 2.68 bits per heavy atom. The average Bonchev–Trinajstić information content (AvgIpc) is 2.41. The summed E-state index contributed by atoms with van der Waals surface area (Å²) in [7, 11) is -3.29. The van der Waals surface area contributed by atoms with Crippen molar-refractivity contribution in [2.75, 3.05) is 17.8 Å². The third kappa shape index (κ3) is 3.70. The van der Waals surface area contributed by atoms with E-state index >= 15 is 0 Å². The smallest absolute Gasteiger partial charge is 0.235 e. The molecule has 0 aromatic heterocycles. The van der Waals surface area contributed by atoms with Crippen molar-refractivity contribution in [3.8, 4) is 0 Å². The second-order valence-corrected chi connectivity index (χ2v) is 7.63. The molecule has 1 aliphatic heterocycles. The maximum absolute atomic E-state index is 12.4. The summed E-state index contributed by atoms with van der Waals surface area (Å²) in [6, 6.07) is 5.64. The van der Waals surface area contributed by atoms with Crippen LogP contribution < -0.4 is 10.0 Å². The third-order valence-corrected chi connectivity index (χ3v) is 5.77. The highest BCUT2D eigenvalue weighted by atomic mass is 79.9. The molecule has 1 aliphatic rings. The normalized spacial score (nSPS) is 17.4. The van der Waals surface area contributed by atoms with Crippen molar-refractivity contribution in [2.45, 2.75) is 31.4 Å². The molecule has 19 heavy (non-hydrogen) atoms. The van der Waals surface area contributed by atoms with Gasteiger partial charge in [0.1, 0.15) is 0 Å². The first-order chi connectivity index (χ1) is 9.03. The van der Waals surface area contributed by atoms with Gasteiger partial charge in [0.05, 0.1) is 10.9 Å². The number of benzene rings is 1. The van der Waals surface area contributed by atoms with Crippen LogP contribution in [-0.4, -0.2) is 26.8 Å². The van der Waals surface area contributed by atoms with Crippen LogP contribution in [-0.2, 0) is 16.4 Å². The minimum absolute atomic E-state index is 0.290. The topological polar surface area (TPSA) is 58.2 Å². The number of nitrogens with one attached hydrogen (secondary N) is 2. The Bertz CT molecular complexity index is 540. The van der Waals surface area contributed by atoms with Gasteiger partial charge in [-0.05, 0) is 56.1 Å². The Morgan fingerprint density at radius 2 is 2.05 bits per heavy atom. The monoisotopic (exact) mass is 346 g/mol. The Kier molecular flexibility index (Phi) is 4.86. The summed E-state index contributed by atoms with van der Waals surface area (Å²) < 4.78 is 28.4. The largest absolute Gasteiger partial charge is 0.317 e. The number of sulfonamides is 1. The predicted molar refractivity (Wildman–Crippen MR) is 82.0 cm³/mol. The predicted octanol–water partition coefficient (Wildman–Crippen LogP) is 2.51. The van der Waals surface area contributed by atoms with E-state index in [0.29, 0.717) is 18.5 Å². The molecular formula is C13H19BrN2O2S.